The molecule has 0 aliphatic heterocycles. The molecule has 0 fully saturated rings. The van der Waals surface area contributed by atoms with E-state index in [1.807, 2.05) is 0 Å². The molecule has 0 aliphatic carbocycles. The first kappa shape index (κ1) is 8.68. The minimum absolute atomic E-state index is 0.114. The Labute approximate surface area is 81.5 Å². The van der Waals surface area contributed by atoms with Gasteiger partial charge in [-0.1, -0.05) is 0 Å². The average Bonchev–Trinajstić information content (AvgIpc) is 2.23. The van der Waals surface area contributed by atoms with Crippen LogP contribution in [0.1, 0.15) is 0 Å². The van der Waals surface area contributed by atoms with Gasteiger partial charge in [0, 0.05) is 24.2 Å². The highest BCUT2D eigenvalue weighted by Gasteiger charge is 2.00. The molecule has 14 heavy (non-hydrogen) atoms. The molecule has 4 nitrogen and oxygen atoms in total. The van der Waals surface area contributed by atoms with E-state index in [-0.39, 0.29) is 11.0 Å². The van der Waals surface area contributed by atoms with Crippen LogP contribution >= 0.6 is 0 Å². The molecule has 2 aromatic rings. The van der Waals surface area contributed by atoms with E-state index in [1.54, 1.807) is 24.5 Å². The van der Waals surface area contributed by atoms with E-state index in [0.29, 0.717) is 5.82 Å². The highest BCUT2D eigenvalue weighted by molar-refractivity contribution is 6.31. The van der Waals surface area contributed by atoms with E-state index < -0.39 is 0 Å². The van der Waals surface area contributed by atoms with E-state index in [4.69, 9.17) is 7.85 Å². The Morgan fingerprint density at radius 3 is 2.64 bits per heavy atom. The lowest BCUT2D eigenvalue weighted by molar-refractivity contribution is 1.14. The van der Waals surface area contributed by atoms with Gasteiger partial charge in [-0.05, 0) is 17.6 Å². The van der Waals surface area contributed by atoms with Gasteiger partial charge in [0.25, 0.3) is 0 Å². The smallest absolute Gasteiger partial charge is 0.243 e. The van der Waals surface area contributed by atoms with Crippen molar-refractivity contribution < 1.29 is 0 Å². The largest absolute Gasteiger partial charge is 0.307 e. The average molecular weight is 183 g/mol. The Morgan fingerprint density at radius 2 is 2.00 bits per heavy atom. The molecule has 1 N–H and O–H groups in total. The lowest BCUT2D eigenvalue weighted by Crippen LogP contribution is -2.28. The van der Waals surface area contributed by atoms with Crippen LogP contribution in [0, 0.1) is 0 Å². The zero-order valence-corrected chi connectivity index (χ0v) is 7.27. The minimum Gasteiger partial charge on any atom is -0.307 e. The number of hydrogen-bond donors (Lipinski definition) is 1. The van der Waals surface area contributed by atoms with E-state index >= 15 is 0 Å². The van der Waals surface area contributed by atoms with Gasteiger partial charge in [-0.15, -0.1) is 0 Å². The van der Waals surface area contributed by atoms with Gasteiger partial charge in [0.05, 0.1) is 0 Å². The van der Waals surface area contributed by atoms with Crippen molar-refractivity contribution in [2.75, 3.05) is 0 Å². The summed E-state index contributed by atoms with van der Waals surface area (Å²) in [5, 5.41) is 0. The maximum Gasteiger partial charge on any atom is 0.243 e. The summed E-state index contributed by atoms with van der Waals surface area (Å²) in [6.07, 6.45) is 4.60. The zero-order valence-electron chi connectivity index (χ0n) is 7.27. The van der Waals surface area contributed by atoms with E-state index in [9.17, 15) is 4.79 Å². The molecule has 2 heterocycles. The Balaban J connectivity index is 2.54. The number of pyridine rings is 1. The number of nitrogens with zero attached hydrogens (tertiary/aromatic N) is 2. The quantitative estimate of drug-likeness (QED) is 0.613. The van der Waals surface area contributed by atoms with Crippen molar-refractivity contribution in [3.8, 4) is 11.4 Å². The molecular formula is C9H6BN3O. The fourth-order valence-corrected chi connectivity index (χ4v) is 1.06. The number of nitrogens with one attached hydrogen (secondary N) is 1. The molecule has 0 unspecified atom stereocenters. The van der Waals surface area contributed by atoms with Gasteiger partial charge >= 0.3 is 0 Å². The summed E-state index contributed by atoms with van der Waals surface area (Å²) in [5.41, 5.74) is 0.590. The van der Waals surface area contributed by atoms with Crippen LogP contribution in [0.2, 0.25) is 0 Å². The molecule has 0 atom stereocenters. The van der Waals surface area contributed by atoms with Crippen molar-refractivity contribution in [2.45, 2.75) is 0 Å². The molecule has 0 amide bonds. The number of hydrogen-bond acceptors (Lipinski definition) is 3. The van der Waals surface area contributed by atoms with Crippen LogP contribution in [-0.4, -0.2) is 22.8 Å². The van der Waals surface area contributed by atoms with Crippen LogP contribution in [0.5, 0.6) is 0 Å². The predicted octanol–water partition coefficient (Wildman–Crippen LogP) is -0.374. The Hall–Kier alpha value is -1.91. The van der Waals surface area contributed by atoms with Crippen LogP contribution in [0.25, 0.3) is 11.4 Å². The minimum atomic E-state index is -0.327. The maximum absolute atomic E-state index is 11.2. The Kier molecular flexibility index (Phi) is 2.14. The van der Waals surface area contributed by atoms with Gasteiger partial charge in [0.2, 0.25) is 5.56 Å². The van der Waals surface area contributed by atoms with Crippen molar-refractivity contribution >= 4 is 13.3 Å². The molecule has 0 saturated carbocycles. The molecule has 0 aromatic carbocycles. The molecule has 2 rings (SSSR count). The van der Waals surface area contributed by atoms with Gasteiger partial charge in [-0.25, -0.2) is 4.98 Å². The van der Waals surface area contributed by atoms with E-state index in [2.05, 4.69) is 15.0 Å². The summed E-state index contributed by atoms with van der Waals surface area (Å²) in [5.74, 6) is 0.492. The molecule has 0 spiro atoms. The Bertz CT molecular complexity index is 495. The van der Waals surface area contributed by atoms with Crippen molar-refractivity contribution in [3.63, 3.8) is 0 Å². The SMILES string of the molecule is [B]c1cnc(-c2ccncc2)[nH]c1=O. The number of aromatic nitrogens is 3. The molecule has 2 radical (unpaired) electrons. The monoisotopic (exact) mass is 183 g/mol. The molecule has 66 valence electrons. The van der Waals surface area contributed by atoms with Crippen LogP contribution in [0.4, 0.5) is 0 Å². The van der Waals surface area contributed by atoms with Crippen LogP contribution in [0.15, 0.2) is 35.5 Å². The summed E-state index contributed by atoms with van der Waals surface area (Å²) in [6.45, 7) is 0. The van der Waals surface area contributed by atoms with Crippen LogP contribution < -0.4 is 11.0 Å². The summed E-state index contributed by atoms with van der Waals surface area (Å²) < 4.78 is 0. The van der Waals surface area contributed by atoms with Gasteiger partial charge in [0.1, 0.15) is 13.7 Å². The second kappa shape index (κ2) is 3.45. The molecule has 2 aromatic heterocycles. The lowest BCUT2D eigenvalue weighted by atomic mass is 10.0. The molecular weight excluding hydrogens is 177 g/mol. The van der Waals surface area contributed by atoms with Crippen molar-refractivity contribution in [3.05, 3.63) is 41.1 Å². The van der Waals surface area contributed by atoms with Crippen molar-refractivity contribution in [1.29, 1.82) is 0 Å². The summed E-state index contributed by atoms with van der Waals surface area (Å²) in [4.78, 5) is 21.6. The fraction of sp³-hybridized carbons (Fsp3) is 0. The van der Waals surface area contributed by atoms with Crippen molar-refractivity contribution in [2.24, 2.45) is 0 Å². The lowest BCUT2D eigenvalue weighted by Gasteiger charge is -1.99. The maximum atomic E-state index is 11.2. The summed E-state index contributed by atoms with van der Waals surface area (Å²) in [7, 11) is 5.35. The molecule has 0 aliphatic rings. The molecule has 5 heteroatoms. The number of aromatic amines is 1. The zero-order chi connectivity index (χ0) is 9.97. The summed E-state index contributed by atoms with van der Waals surface area (Å²) >= 11 is 0. The van der Waals surface area contributed by atoms with Gasteiger partial charge in [0.15, 0.2) is 0 Å². The second-order valence-corrected chi connectivity index (χ2v) is 2.75. The first-order valence-electron chi connectivity index (χ1n) is 4.02. The van der Waals surface area contributed by atoms with Gasteiger partial charge < -0.3 is 4.98 Å². The number of rotatable bonds is 1. The van der Waals surface area contributed by atoms with E-state index in [1.165, 1.54) is 6.20 Å². The second-order valence-electron chi connectivity index (χ2n) is 2.75. The summed E-state index contributed by atoms with van der Waals surface area (Å²) in [6, 6.07) is 3.52. The number of H-pyrrole nitrogens is 1. The highest BCUT2D eigenvalue weighted by atomic mass is 16.1. The highest BCUT2D eigenvalue weighted by Crippen LogP contribution is 2.09. The van der Waals surface area contributed by atoms with Crippen LogP contribution in [-0.2, 0) is 0 Å². The first-order chi connectivity index (χ1) is 6.77. The van der Waals surface area contributed by atoms with E-state index in [0.717, 1.165) is 5.56 Å². The third kappa shape index (κ3) is 1.57. The third-order valence-corrected chi connectivity index (χ3v) is 1.78. The molecule has 0 bridgehead atoms. The van der Waals surface area contributed by atoms with Gasteiger partial charge in [-0.2, -0.15) is 0 Å². The van der Waals surface area contributed by atoms with Crippen molar-refractivity contribution in [1.82, 2.24) is 15.0 Å². The Morgan fingerprint density at radius 1 is 1.29 bits per heavy atom. The predicted molar refractivity (Wildman–Crippen MR) is 53.5 cm³/mol. The fourth-order valence-electron chi connectivity index (χ4n) is 1.06. The topological polar surface area (TPSA) is 58.6 Å². The van der Waals surface area contributed by atoms with Crippen LogP contribution in [0.3, 0.4) is 0 Å². The first-order valence-corrected chi connectivity index (χ1v) is 4.02. The molecule has 0 saturated heterocycles. The standard InChI is InChI=1S/C9H6BN3O/c10-7-5-12-8(13-9(7)14)6-1-3-11-4-2-6/h1-5H,(H,12,13,14). The third-order valence-electron chi connectivity index (χ3n) is 1.78. The van der Waals surface area contributed by atoms with Gasteiger partial charge in [-0.3, -0.25) is 9.78 Å². The normalized spacial score (nSPS) is 10.0.